The van der Waals surface area contributed by atoms with E-state index < -0.39 is 6.10 Å². The molecular formula is C19H18ClN3O2S. The number of carbonyl (C=O) groups excluding carboxylic acids is 1. The fraction of sp³-hybridized carbons (Fsp3) is 0.211. The van der Waals surface area contributed by atoms with Crippen molar-refractivity contribution in [2.24, 2.45) is 0 Å². The molecule has 0 saturated carbocycles. The van der Waals surface area contributed by atoms with Gasteiger partial charge in [0.1, 0.15) is 10.8 Å². The molecule has 0 aliphatic carbocycles. The van der Waals surface area contributed by atoms with Gasteiger partial charge >= 0.3 is 0 Å². The first-order valence-electron chi connectivity index (χ1n) is 8.19. The fourth-order valence-corrected chi connectivity index (χ4v) is 3.15. The van der Waals surface area contributed by atoms with Gasteiger partial charge in [0, 0.05) is 10.6 Å². The van der Waals surface area contributed by atoms with Crippen LogP contribution in [0.3, 0.4) is 0 Å². The Morgan fingerprint density at radius 3 is 2.50 bits per heavy atom. The summed E-state index contributed by atoms with van der Waals surface area (Å²) in [4.78, 5) is 12.5. The second kappa shape index (κ2) is 8.29. The van der Waals surface area contributed by atoms with Crippen molar-refractivity contribution in [3.8, 4) is 16.3 Å². The van der Waals surface area contributed by atoms with Crippen molar-refractivity contribution >= 4 is 34.0 Å². The molecule has 134 valence electrons. The van der Waals surface area contributed by atoms with Crippen LogP contribution in [0, 0.1) is 6.92 Å². The highest BCUT2D eigenvalue weighted by Crippen LogP contribution is 2.27. The molecule has 3 aromatic rings. The number of ether oxygens (including phenoxy) is 1. The number of nitrogens with one attached hydrogen (secondary N) is 1. The zero-order valence-electron chi connectivity index (χ0n) is 14.4. The minimum Gasteiger partial charge on any atom is -0.481 e. The van der Waals surface area contributed by atoms with Crippen LogP contribution < -0.4 is 10.1 Å². The third kappa shape index (κ3) is 4.59. The average molecular weight is 388 g/mol. The van der Waals surface area contributed by atoms with Crippen LogP contribution in [0.5, 0.6) is 5.75 Å². The van der Waals surface area contributed by atoms with Crippen molar-refractivity contribution in [2.75, 3.05) is 5.32 Å². The van der Waals surface area contributed by atoms with Crippen molar-refractivity contribution in [1.29, 1.82) is 0 Å². The molecule has 26 heavy (non-hydrogen) atoms. The van der Waals surface area contributed by atoms with Crippen LogP contribution in [-0.4, -0.2) is 22.2 Å². The van der Waals surface area contributed by atoms with Gasteiger partial charge in [-0.25, -0.2) is 0 Å². The van der Waals surface area contributed by atoms with E-state index in [1.54, 1.807) is 24.3 Å². The Morgan fingerprint density at radius 2 is 1.85 bits per heavy atom. The maximum Gasteiger partial charge on any atom is 0.267 e. The predicted octanol–water partition coefficient (Wildman–Crippen LogP) is 4.96. The van der Waals surface area contributed by atoms with Crippen LogP contribution in [0.2, 0.25) is 5.02 Å². The molecule has 3 rings (SSSR count). The van der Waals surface area contributed by atoms with Crippen LogP contribution in [-0.2, 0) is 4.79 Å². The Hall–Kier alpha value is -2.44. The molecule has 1 amide bonds. The molecule has 7 heteroatoms. The maximum absolute atomic E-state index is 12.5. The van der Waals surface area contributed by atoms with Gasteiger partial charge in [-0.15, -0.1) is 10.2 Å². The minimum absolute atomic E-state index is 0.256. The second-order valence-corrected chi connectivity index (χ2v) is 7.15. The molecule has 0 bridgehead atoms. The van der Waals surface area contributed by atoms with Crippen molar-refractivity contribution < 1.29 is 9.53 Å². The number of amides is 1. The lowest BCUT2D eigenvalue weighted by Crippen LogP contribution is -2.32. The Labute approximate surface area is 161 Å². The Kier molecular flexibility index (Phi) is 5.85. The highest BCUT2D eigenvalue weighted by Gasteiger charge is 2.20. The van der Waals surface area contributed by atoms with Crippen molar-refractivity contribution in [3.05, 3.63) is 59.1 Å². The highest BCUT2D eigenvalue weighted by atomic mass is 35.5. The number of anilines is 1. The molecule has 5 nitrogen and oxygen atoms in total. The summed E-state index contributed by atoms with van der Waals surface area (Å²) in [6, 6.07) is 14.9. The second-order valence-electron chi connectivity index (χ2n) is 5.74. The first-order chi connectivity index (χ1) is 12.5. The van der Waals surface area contributed by atoms with Gasteiger partial charge in [0.05, 0.1) is 0 Å². The van der Waals surface area contributed by atoms with E-state index in [0.717, 1.165) is 10.6 Å². The molecule has 1 atom stereocenters. The third-order valence-electron chi connectivity index (χ3n) is 3.71. The molecule has 2 aromatic carbocycles. The average Bonchev–Trinajstić information content (AvgIpc) is 3.10. The lowest BCUT2D eigenvalue weighted by atomic mass is 10.2. The molecule has 0 aliphatic heterocycles. The zero-order chi connectivity index (χ0) is 18.5. The number of aryl methyl sites for hydroxylation is 1. The molecule has 1 heterocycles. The SMILES string of the molecule is CC[C@H](Oc1ccc(Cl)cc1)C(=O)Nc1nnc(-c2ccc(C)cc2)s1. The van der Waals surface area contributed by atoms with Crippen LogP contribution >= 0.6 is 22.9 Å². The van der Waals surface area contributed by atoms with Gasteiger partial charge < -0.3 is 4.74 Å². The molecule has 1 N–H and O–H groups in total. The molecular weight excluding hydrogens is 370 g/mol. The highest BCUT2D eigenvalue weighted by molar-refractivity contribution is 7.18. The summed E-state index contributed by atoms with van der Waals surface area (Å²) in [7, 11) is 0. The van der Waals surface area contributed by atoms with Crippen molar-refractivity contribution in [2.45, 2.75) is 26.4 Å². The van der Waals surface area contributed by atoms with Gasteiger partial charge in [-0.2, -0.15) is 0 Å². The summed E-state index contributed by atoms with van der Waals surface area (Å²) < 4.78 is 5.74. The molecule has 0 radical (unpaired) electrons. The normalized spacial score (nSPS) is 11.8. The zero-order valence-corrected chi connectivity index (χ0v) is 16.0. The molecule has 1 aromatic heterocycles. The van der Waals surface area contributed by atoms with Gasteiger partial charge in [0.25, 0.3) is 5.91 Å². The Balaban J connectivity index is 1.66. The topological polar surface area (TPSA) is 64.1 Å². The van der Waals surface area contributed by atoms with Gasteiger partial charge in [0.15, 0.2) is 6.10 Å². The van der Waals surface area contributed by atoms with Gasteiger partial charge in [-0.1, -0.05) is 59.7 Å². The number of rotatable bonds is 6. The summed E-state index contributed by atoms with van der Waals surface area (Å²) in [6.07, 6.45) is -0.0964. The summed E-state index contributed by atoms with van der Waals surface area (Å²) in [6.45, 7) is 3.92. The molecule has 0 unspecified atom stereocenters. The number of nitrogens with zero attached hydrogens (tertiary/aromatic N) is 2. The number of aromatic nitrogens is 2. The van der Waals surface area contributed by atoms with E-state index in [1.165, 1.54) is 16.9 Å². The fourth-order valence-electron chi connectivity index (χ4n) is 2.27. The van der Waals surface area contributed by atoms with E-state index in [9.17, 15) is 4.79 Å². The summed E-state index contributed by atoms with van der Waals surface area (Å²) in [5, 5.41) is 12.8. The number of carbonyl (C=O) groups is 1. The third-order valence-corrected chi connectivity index (χ3v) is 4.85. The summed E-state index contributed by atoms with van der Waals surface area (Å²) >= 11 is 7.19. The first-order valence-corrected chi connectivity index (χ1v) is 9.38. The standard InChI is InChI=1S/C19H18ClN3O2S/c1-3-16(25-15-10-8-14(20)9-11-15)17(24)21-19-23-22-18(26-19)13-6-4-12(2)5-7-13/h4-11,16H,3H2,1-2H3,(H,21,23,24)/t16-/m0/s1. The Morgan fingerprint density at radius 1 is 1.15 bits per heavy atom. The monoisotopic (exact) mass is 387 g/mol. The number of hydrogen-bond acceptors (Lipinski definition) is 5. The van der Waals surface area contributed by atoms with E-state index in [0.29, 0.717) is 22.3 Å². The predicted molar refractivity (Wildman–Crippen MR) is 105 cm³/mol. The van der Waals surface area contributed by atoms with Gasteiger partial charge in [-0.05, 0) is 37.6 Å². The Bertz CT molecular complexity index is 879. The van der Waals surface area contributed by atoms with E-state index in [1.807, 2.05) is 38.1 Å². The summed E-state index contributed by atoms with van der Waals surface area (Å²) in [5.74, 6) is 0.336. The van der Waals surface area contributed by atoms with Crippen LogP contribution in [0.1, 0.15) is 18.9 Å². The quantitative estimate of drug-likeness (QED) is 0.649. The molecule has 0 aliphatic rings. The molecule has 0 saturated heterocycles. The smallest absolute Gasteiger partial charge is 0.267 e. The van der Waals surface area contributed by atoms with Gasteiger partial charge in [0.2, 0.25) is 5.13 Å². The molecule has 0 fully saturated rings. The van der Waals surface area contributed by atoms with E-state index >= 15 is 0 Å². The minimum atomic E-state index is -0.622. The van der Waals surface area contributed by atoms with Crippen LogP contribution in [0.4, 0.5) is 5.13 Å². The van der Waals surface area contributed by atoms with E-state index in [2.05, 4.69) is 15.5 Å². The lowest BCUT2D eigenvalue weighted by molar-refractivity contribution is -0.122. The number of halogens is 1. The maximum atomic E-state index is 12.5. The molecule has 0 spiro atoms. The largest absolute Gasteiger partial charge is 0.481 e. The summed E-state index contributed by atoms with van der Waals surface area (Å²) in [5.41, 5.74) is 2.15. The van der Waals surface area contributed by atoms with E-state index in [-0.39, 0.29) is 5.91 Å². The number of hydrogen-bond donors (Lipinski definition) is 1. The van der Waals surface area contributed by atoms with E-state index in [4.69, 9.17) is 16.3 Å². The van der Waals surface area contributed by atoms with Crippen LogP contribution in [0.25, 0.3) is 10.6 Å². The van der Waals surface area contributed by atoms with Crippen LogP contribution in [0.15, 0.2) is 48.5 Å². The van der Waals surface area contributed by atoms with Crippen molar-refractivity contribution in [3.63, 3.8) is 0 Å². The van der Waals surface area contributed by atoms with Crippen molar-refractivity contribution in [1.82, 2.24) is 10.2 Å². The lowest BCUT2D eigenvalue weighted by Gasteiger charge is -2.16. The number of benzene rings is 2. The van der Waals surface area contributed by atoms with Gasteiger partial charge in [-0.3, -0.25) is 10.1 Å². The first kappa shape index (κ1) is 18.4.